The first-order chi connectivity index (χ1) is 11.6. The van der Waals surface area contributed by atoms with Crippen molar-refractivity contribution >= 4 is 38.4 Å². The van der Waals surface area contributed by atoms with Crippen LogP contribution in [0.3, 0.4) is 0 Å². The predicted octanol–water partition coefficient (Wildman–Crippen LogP) is 4.01. The number of anilines is 1. The van der Waals surface area contributed by atoms with Crippen LogP contribution in [0, 0.1) is 6.92 Å². The summed E-state index contributed by atoms with van der Waals surface area (Å²) in [6.07, 6.45) is 2.92. The Bertz CT molecular complexity index is 857. The van der Waals surface area contributed by atoms with E-state index in [1.54, 1.807) is 0 Å². The Hall–Kier alpha value is -2.11. The monoisotopic (exact) mass is 385 g/mol. The zero-order chi connectivity index (χ0) is 16.9. The number of aryl methyl sites for hydroxylation is 1. The number of amides is 1. The van der Waals surface area contributed by atoms with Crippen molar-refractivity contribution in [1.82, 2.24) is 10.3 Å². The van der Waals surface area contributed by atoms with Gasteiger partial charge in [-0.2, -0.15) is 0 Å². The molecular weight excluding hydrogens is 366 g/mol. The van der Waals surface area contributed by atoms with E-state index in [1.165, 1.54) is 10.9 Å². The molecule has 0 saturated carbocycles. The molecule has 124 valence electrons. The zero-order valence-corrected chi connectivity index (χ0v) is 15.1. The number of hydrogen-bond donors (Lipinski definition) is 3. The lowest BCUT2D eigenvalue weighted by molar-refractivity contribution is -0.115. The maximum absolute atomic E-state index is 12.0. The van der Waals surface area contributed by atoms with E-state index in [4.69, 9.17) is 0 Å². The van der Waals surface area contributed by atoms with Gasteiger partial charge in [0, 0.05) is 27.3 Å². The molecule has 0 fully saturated rings. The Balaban J connectivity index is 1.46. The van der Waals surface area contributed by atoms with Gasteiger partial charge < -0.3 is 15.6 Å². The van der Waals surface area contributed by atoms with Gasteiger partial charge in [0.05, 0.1) is 6.54 Å². The summed E-state index contributed by atoms with van der Waals surface area (Å²) in [4.78, 5) is 15.3. The number of aromatic nitrogens is 1. The third-order valence-corrected chi connectivity index (χ3v) is 4.84. The Labute approximate surface area is 149 Å². The minimum Gasteiger partial charge on any atom is -0.361 e. The summed E-state index contributed by atoms with van der Waals surface area (Å²) in [7, 11) is 0. The number of rotatable bonds is 6. The van der Waals surface area contributed by atoms with Crippen molar-refractivity contribution in [2.75, 3.05) is 18.4 Å². The lowest BCUT2D eigenvalue weighted by Crippen LogP contribution is -2.29. The number of benzene rings is 2. The van der Waals surface area contributed by atoms with E-state index in [0.717, 1.165) is 34.2 Å². The molecule has 0 aliphatic rings. The van der Waals surface area contributed by atoms with E-state index < -0.39 is 0 Å². The highest BCUT2D eigenvalue weighted by molar-refractivity contribution is 9.10. The smallest absolute Gasteiger partial charge is 0.238 e. The Morgan fingerprint density at radius 1 is 1.21 bits per heavy atom. The molecule has 0 radical (unpaired) electrons. The van der Waals surface area contributed by atoms with Gasteiger partial charge in [-0.1, -0.05) is 40.2 Å². The molecule has 3 rings (SSSR count). The van der Waals surface area contributed by atoms with Crippen molar-refractivity contribution in [2.45, 2.75) is 13.3 Å². The number of carbonyl (C=O) groups is 1. The summed E-state index contributed by atoms with van der Waals surface area (Å²) < 4.78 is 0.993. The standard InChI is InChI=1S/C19H20BrN3O/c1-13-6-7-15(10-17(13)20)23-19(24)12-21-9-8-14-11-22-18-5-3-2-4-16(14)18/h2-7,10-11,21-22H,8-9,12H2,1H3,(H,23,24). The van der Waals surface area contributed by atoms with Gasteiger partial charge in [-0.25, -0.2) is 0 Å². The molecule has 1 aromatic heterocycles. The number of hydrogen-bond acceptors (Lipinski definition) is 2. The normalized spacial score (nSPS) is 10.9. The summed E-state index contributed by atoms with van der Waals surface area (Å²) in [5.74, 6) is -0.0373. The van der Waals surface area contributed by atoms with E-state index >= 15 is 0 Å². The van der Waals surface area contributed by atoms with Crippen LogP contribution in [-0.4, -0.2) is 24.0 Å². The average molecular weight is 386 g/mol. The second-order valence-corrected chi connectivity index (χ2v) is 6.65. The number of nitrogens with one attached hydrogen (secondary N) is 3. The van der Waals surface area contributed by atoms with Gasteiger partial charge in [0.15, 0.2) is 0 Å². The predicted molar refractivity (Wildman–Crippen MR) is 102 cm³/mol. The van der Waals surface area contributed by atoms with Crippen LogP contribution in [0.1, 0.15) is 11.1 Å². The Kier molecular flexibility index (Phi) is 5.33. The first-order valence-electron chi connectivity index (χ1n) is 7.95. The summed E-state index contributed by atoms with van der Waals surface area (Å²) in [5, 5.41) is 7.34. The second-order valence-electron chi connectivity index (χ2n) is 5.80. The molecule has 2 aromatic carbocycles. The van der Waals surface area contributed by atoms with Gasteiger partial charge in [0.25, 0.3) is 0 Å². The maximum Gasteiger partial charge on any atom is 0.238 e. The van der Waals surface area contributed by atoms with Gasteiger partial charge in [0.2, 0.25) is 5.91 Å². The lowest BCUT2D eigenvalue weighted by atomic mass is 10.1. The van der Waals surface area contributed by atoms with E-state index in [2.05, 4.69) is 43.7 Å². The highest BCUT2D eigenvalue weighted by Crippen LogP contribution is 2.20. The minimum atomic E-state index is -0.0373. The minimum absolute atomic E-state index is 0.0373. The third-order valence-electron chi connectivity index (χ3n) is 3.99. The van der Waals surface area contributed by atoms with Gasteiger partial charge >= 0.3 is 0 Å². The fraction of sp³-hybridized carbons (Fsp3) is 0.211. The summed E-state index contributed by atoms with van der Waals surface area (Å²) in [6.45, 7) is 3.07. The van der Waals surface area contributed by atoms with Crippen molar-refractivity contribution in [2.24, 2.45) is 0 Å². The highest BCUT2D eigenvalue weighted by Gasteiger charge is 2.05. The highest BCUT2D eigenvalue weighted by atomic mass is 79.9. The molecule has 3 N–H and O–H groups in total. The molecule has 0 aliphatic heterocycles. The largest absolute Gasteiger partial charge is 0.361 e. The molecule has 0 unspecified atom stereocenters. The second kappa shape index (κ2) is 7.64. The topological polar surface area (TPSA) is 56.9 Å². The van der Waals surface area contributed by atoms with Crippen LogP contribution in [0.15, 0.2) is 53.1 Å². The quantitative estimate of drug-likeness (QED) is 0.561. The van der Waals surface area contributed by atoms with E-state index in [1.807, 2.05) is 43.5 Å². The van der Waals surface area contributed by atoms with Crippen molar-refractivity contribution in [3.8, 4) is 0 Å². The van der Waals surface area contributed by atoms with Gasteiger partial charge in [-0.05, 0) is 49.2 Å². The molecule has 0 atom stereocenters. The van der Waals surface area contributed by atoms with Crippen LogP contribution >= 0.6 is 15.9 Å². The summed E-state index contributed by atoms with van der Waals surface area (Å²) in [5.41, 5.74) is 4.36. The van der Waals surface area contributed by atoms with E-state index in [0.29, 0.717) is 6.54 Å². The fourth-order valence-corrected chi connectivity index (χ4v) is 3.02. The molecule has 0 bridgehead atoms. The summed E-state index contributed by atoms with van der Waals surface area (Å²) >= 11 is 3.47. The zero-order valence-electron chi connectivity index (χ0n) is 13.5. The van der Waals surface area contributed by atoms with Gasteiger partial charge in [0.1, 0.15) is 0 Å². The fourth-order valence-electron chi connectivity index (χ4n) is 2.64. The Morgan fingerprint density at radius 2 is 2.04 bits per heavy atom. The lowest BCUT2D eigenvalue weighted by Gasteiger charge is -2.08. The maximum atomic E-state index is 12.0. The van der Waals surface area contributed by atoms with Crippen molar-refractivity contribution in [3.05, 3.63) is 64.3 Å². The average Bonchev–Trinajstić information content (AvgIpc) is 2.98. The van der Waals surface area contributed by atoms with E-state index in [-0.39, 0.29) is 5.91 Å². The first-order valence-corrected chi connectivity index (χ1v) is 8.74. The molecule has 5 heteroatoms. The van der Waals surface area contributed by atoms with Crippen LogP contribution in [0.2, 0.25) is 0 Å². The molecule has 0 aliphatic carbocycles. The molecule has 0 spiro atoms. The van der Waals surface area contributed by atoms with Crippen molar-refractivity contribution < 1.29 is 4.79 Å². The number of H-pyrrole nitrogens is 1. The molecule has 0 saturated heterocycles. The van der Waals surface area contributed by atoms with Crippen molar-refractivity contribution in [3.63, 3.8) is 0 Å². The summed E-state index contributed by atoms with van der Waals surface area (Å²) in [6, 6.07) is 14.0. The SMILES string of the molecule is Cc1ccc(NC(=O)CNCCc2c[nH]c3ccccc23)cc1Br. The van der Waals surface area contributed by atoms with Gasteiger partial charge in [-0.3, -0.25) is 4.79 Å². The molecule has 1 heterocycles. The number of para-hydroxylation sites is 1. The molecular formula is C19H20BrN3O. The van der Waals surface area contributed by atoms with Crippen LogP contribution in [0.5, 0.6) is 0 Å². The third kappa shape index (κ3) is 4.04. The molecule has 4 nitrogen and oxygen atoms in total. The molecule has 24 heavy (non-hydrogen) atoms. The first kappa shape index (κ1) is 16.7. The van der Waals surface area contributed by atoms with Crippen LogP contribution in [-0.2, 0) is 11.2 Å². The van der Waals surface area contributed by atoms with Crippen LogP contribution in [0.4, 0.5) is 5.69 Å². The number of halogens is 1. The number of aromatic amines is 1. The number of fused-ring (bicyclic) bond motifs is 1. The van der Waals surface area contributed by atoms with Gasteiger partial charge in [-0.15, -0.1) is 0 Å². The molecule has 3 aromatic rings. The van der Waals surface area contributed by atoms with E-state index in [9.17, 15) is 4.79 Å². The van der Waals surface area contributed by atoms with Crippen LogP contribution in [0.25, 0.3) is 10.9 Å². The molecule has 1 amide bonds. The van der Waals surface area contributed by atoms with Crippen LogP contribution < -0.4 is 10.6 Å². The Morgan fingerprint density at radius 3 is 2.88 bits per heavy atom. The number of carbonyl (C=O) groups excluding carboxylic acids is 1. The van der Waals surface area contributed by atoms with Crippen molar-refractivity contribution in [1.29, 1.82) is 0 Å².